The minimum atomic E-state index is -1.02. The molecule has 1 N–H and O–H groups in total. The van der Waals surface area contributed by atoms with Gasteiger partial charge in [-0.3, -0.25) is 0 Å². The van der Waals surface area contributed by atoms with E-state index in [2.05, 4.69) is 6.07 Å². The van der Waals surface area contributed by atoms with Crippen molar-refractivity contribution in [3.05, 3.63) is 42.0 Å². The maximum Gasteiger partial charge on any atom is 0.341 e. The van der Waals surface area contributed by atoms with Crippen molar-refractivity contribution in [1.29, 1.82) is 5.26 Å². The van der Waals surface area contributed by atoms with Crippen molar-refractivity contribution in [2.45, 2.75) is 0 Å². The molecular weight excluding hydrogens is 218 g/mol. The molecule has 0 amide bonds. The molecule has 2 aromatic carbocycles. The molecule has 17 heavy (non-hydrogen) atoms. The van der Waals surface area contributed by atoms with Gasteiger partial charge in [0.05, 0.1) is 11.6 Å². The molecule has 0 saturated heterocycles. The third kappa shape index (κ3) is 2.52. The van der Waals surface area contributed by atoms with Gasteiger partial charge in [0.15, 0.2) is 6.61 Å². The fraction of sp³-hybridized carbons (Fsp3) is 0.0769. The van der Waals surface area contributed by atoms with Crippen LogP contribution < -0.4 is 4.74 Å². The lowest BCUT2D eigenvalue weighted by Gasteiger charge is -2.04. The van der Waals surface area contributed by atoms with Crippen molar-refractivity contribution in [2.75, 3.05) is 6.61 Å². The van der Waals surface area contributed by atoms with E-state index in [1.165, 1.54) is 0 Å². The van der Waals surface area contributed by atoms with Gasteiger partial charge in [0.1, 0.15) is 5.75 Å². The van der Waals surface area contributed by atoms with E-state index in [1.54, 1.807) is 24.3 Å². The first-order chi connectivity index (χ1) is 8.19. The first-order valence-electron chi connectivity index (χ1n) is 4.97. The van der Waals surface area contributed by atoms with Crippen molar-refractivity contribution in [3.63, 3.8) is 0 Å². The zero-order valence-corrected chi connectivity index (χ0v) is 8.88. The summed E-state index contributed by atoms with van der Waals surface area (Å²) in [5.41, 5.74) is 0.563. The van der Waals surface area contributed by atoms with Crippen molar-refractivity contribution in [1.82, 2.24) is 0 Å². The van der Waals surface area contributed by atoms with Gasteiger partial charge in [-0.15, -0.1) is 0 Å². The van der Waals surface area contributed by atoms with Crippen LogP contribution in [0.3, 0.4) is 0 Å². The average molecular weight is 227 g/mol. The van der Waals surface area contributed by atoms with Gasteiger partial charge in [-0.2, -0.15) is 5.26 Å². The van der Waals surface area contributed by atoms with Crippen LogP contribution in [-0.4, -0.2) is 17.7 Å². The van der Waals surface area contributed by atoms with Gasteiger partial charge in [0.2, 0.25) is 0 Å². The van der Waals surface area contributed by atoms with Gasteiger partial charge in [-0.05, 0) is 35.0 Å². The van der Waals surface area contributed by atoms with Crippen molar-refractivity contribution in [2.24, 2.45) is 0 Å². The number of nitriles is 1. The Hall–Kier alpha value is -2.54. The summed E-state index contributed by atoms with van der Waals surface area (Å²) in [7, 11) is 0. The normalized spacial score (nSPS) is 9.82. The largest absolute Gasteiger partial charge is 0.482 e. The highest BCUT2D eigenvalue weighted by Crippen LogP contribution is 2.21. The number of nitrogens with zero attached hydrogens (tertiary/aromatic N) is 1. The minimum absolute atomic E-state index is 0.372. The second-order valence-corrected chi connectivity index (χ2v) is 3.52. The SMILES string of the molecule is N#Cc1ccc2ccc(OCC(=O)O)cc2c1. The fourth-order valence-electron chi connectivity index (χ4n) is 1.53. The Bertz CT molecular complexity index is 614. The standard InChI is InChI=1S/C13H9NO3/c14-7-9-1-2-10-3-4-12(6-11(10)5-9)17-8-13(15)16/h1-6H,8H2,(H,15,16). The first kappa shape index (κ1) is 11.0. The molecule has 2 aromatic rings. The molecule has 0 aliphatic heterocycles. The van der Waals surface area contributed by atoms with Crippen LogP contribution in [-0.2, 0) is 4.79 Å². The number of benzene rings is 2. The van der Waals surface area contributed by atoms with E-state index in [4.69, 9.17) is 15.1 Å². The number of ether oxygens (including phenoxy) is 1. The summed E-state index contributed by atoms with van der Waals surface area (Å²) in [6.07, 6.45) is 0. The number of rotatable bonds is 3. The molecule has 0 unspecified atom stereocenters. The van der Waals surface area contributed by atoms with Crippen LogP contribution in [0.2, 0.25) is 0 Å². The van der Waals surface area contributed by atoms with Crippen molar-refractivity contribution < 1.29 is 14.6 Å². The summed E-state index contributed by atoms with van der Waals surface area (Å²) in [4.78, 5) is 10.4. The highest BCUT2D eigenvalue weighted by Gasteiger charge is 2.01. The van der Waals surface area contributed by atoms with Crippen LogP contribution in [0.15, 0.2) is 36.4 Å². The summed E-state index contributed by atoms with van der Waals surface area (Å²) in [5.74, 6) is -0.536. The second-order valence-electron chi connectivity index (χ2n) is 3.52. The van der Waals surface area contributed by atoms with Gasteiger partial charge in [-0.25, -0.2) is 4.79 Å². The number of hydrogen-bond donors (Lipinski definition) is 1. The highest BCUT2D eigenvalue weighted by atomic mass is 16.5. The fourth-order valence-corrected chi connectivity index (χ4v) is 1.53. The molecule has 0 spiro atoms. The predicted molar refractivity (Wildman–Crippen MR) is 61.8 cm³/mol. The molecule has 2 rings (SSSR count). The Morgan fingerprint density at radius 2 is 2.00 bits per heavy atom. The zero-order valence-electron chi connectivity index (χ0n) is 8.88. The molecule has 0 radical (unpaired) electrons. The third-order valence-corrected chi connectivity index (χ3v) is 2.30. The summed E-state index contributed by atoms with van der Waals surface area (Å²) in [5, 5.41) is 19.1. The van der Waals surface area contributed by atoms with Gasteiger partial charge in [0, 0.05) is 0 Å². The zero-order chi connectivity index (χ0) is 12.3. The Balaban J connectivity index is 2.35. The number of hydrogen-bond acceptors (Lipinski definition) is 3. The molecule has 0 fully saturated rings. The van der Waals surface area contributed by atoms with Crippen molar-refractivity contribution >= 4 is 16.7 Å². The Morgan fingerprint density at radius 1 is 1.24 bits per heavy atom. The second kappa shape index (κ2) is 4.54. The Kier molecular flexibility index (Phi) is 2.93. The molecule has 0 aliphatic rings. The smallest absolute Gasteiger partial charge is 0.341 e. The lowest BCUT2D eigenvalue weighted by Crippen LogP contribution is -2.09. The highest BCUT2D eigenvalue weighted by molar-refractivity contribution is 5.85. The molecule has 0 bridgehead atoms. The quantitative estimate of drug-likeness (QED) is 0.872. The first-order valence-corrected chi connectivity index (χ1v) is 4.97. The van der Waals surface area contributed by atoms with E-state index >= 15 is 0 Å². The van der Waals surface area contributed by atoms with Gasteiger partial charge < -0.3 is 9.84 Å². The molecular formula is C13H9NO3. The molecule has 0 aromatic heterocycles. The van der Waals surface area contributed by atoms with Gasteiger partial charge >= 0.3 is 5.97 Å². The van der Waals surface area contributed by atoms with Crippen LogP contribution in [0.5, 0.6) is 5.75 Å². The number of carboxylic acid groups (broad SMARTS) is 1. The third-order valence-electron chi connectivity index (χ3n) is 2.30. The number of carboxylic acids is 1. The molecule has 0 saturated carbocycles. The molecule has 4 nitrogen and oxygen atoms in total. The van der Waals surface area contributed by atoms with Gasteiger partial charge in [0.25, 0.3) is 0 Å². The molecule has 4 heteroatoms. The maximum atomic E-state index is 10.4. The van der Waals surface area contributed by atoms with E-state index in [9.17, 15) is 4.79 Å². The van der Waals surface area contributed by atoms with Crippen LogP contribution in [0, 0.1) is 11.3 Å². The summed E-state index contributed by atoms with van der Waals surface area (Å²) in [6, 6.07) is 12.6. The van der Waals surface area contributed by atoms with Crippen LogP contribution >= 0.6 is 0 Å². The molecule has 84 valence electrons. The van der Waals surface area contributed by atoms with E-state index < -0.39 is 5.97 Å². The topological polar surface area (TPSA) is 70.3 Å². The average Bonchev–Trinajstić information content (AvgIpc) is 2.35. The Morgan fingerprint density at radius 3 is 2.71 bits per heavy atom. The molecule has 0 heterocycles. The van der Waals surface area contributed by atoms with Crippen LogP contribution in [0.25, 0.3) is 10.8 Å². The summed E-state index contributed by atoms with van der Waals surface area (Å²) >= 11 is 0. The van der Waals surface area contributed by atoms with E-state index in [-0.39, 0.29) is 6.61 Å². The monoisotopic (exact) mass is 227 g/mol. The van der Waals surface area contributed by atoms with E-state index in [0.717, 1.165) is 10.8 Å². The lowest BCUT2D eigenvalue weighted by molar-refractivity contribution is -0.139. The Labute approximate surface area is 97.7 Å². The maximum absolute atomic E-state index is 10.4. The van der Waals surface area contributed by atoms with Crippen molar-refractivity contribution in [3.8, 4) is 11.8 Å². The van der Waals surface area contributed by atoms with Crippen LogP contribution in [0.4, 0.5) is 0 Å². The van der Waals surface area contributed by atoms with E-state index in [0.29, 0.717) is 11.3 Å². The van der Waals surface area contributed by atoms with Crippen LogP contribution in [0.1, 0.15) is 5.56 Å². The minimum Gasteiger partial charge on any atom is -0.482 e. The number of fused-ring (bicyclic) bond motifs is 1. The lowest BCUT2D eigenvalue weighted by atomic mass is 10.1. The number of aliphatic carboxylic acids is 1. The predicted octanol–water partition coefficient (Wildman–Crippen LogP) is 2.17. The summed E-state index contributed by atoms with van der Waals surface area (Å²) < 4.78 is 5.07. The summed E-state index contributed by atoms with van der Waals surface area (Å²) in [6.45, 7) is -0.372. The number of carbonyl (C=O) groups is 1. The van der Waals surface area contributed by atoms with Gasteiger partial charge in [-0.1, -0.05) is 12.1 Å². The van der Waals surface area contributed by atoms with E-state index in [1.807, 2.05) is 12.1 Å². The molecule has 0 atom stereocenters. The molecule has 0 aliphatic carbocycles.